The van der Waals surface area contributed by atoms with Crippen LogP contribution < -0.4 is 5.32 Å². The quantitative estimate of drug-likeness (QED) is 0.324. The molecule has 184 valence electrons. The molecule has 0 fully saturated rings. The van der Waals surface area contributed by atoms with Crippen molar-refractivity contribution in [2.24, 2.45) is 0 Å². The SMILES string of the molecule is Cc1cn(-c2nccc3[nH]c(-c4[nH]nc5ncc(-c6cncc(NC(=O)CN(C)C)c6)cc45)cc23)cn1. The highest BCUT2D eigenvalue weighted by Crippen LogP contribution is 2.32. The Bertz CT molecular complexity index is 1760. The molecule has 0 bridgehead atoms. The average molecular weight is 493 g/mol. The van der Waals surface area contributed by atoms with Crippen LogP contribution in [0.5, 0.6) is 0 Å². The van der Waals surface area contributed by atoms with Crippen LogP contribution in [0.1, 0.15) is 5.69 Å². The number of likely N-dealkylation sites (N-methyl/N-ethyl adjacent to an activating group) is 1. The van der Waals surface area contributed by atoms with Crippen molar-refractivity contribution in [3.63, 3.8) is 0 Å². The summed E-state index contributed by atoms with van der Waals surface area (Å²) in [6, 6.07) is 7.90. The monoisotopic (exact) mass is 492 g/mol. The molecule has 0 aliphatic carbocycles. The van der Waals surface area contributed by atoms with Gasteiger partial charge in [0.25, 0.3) is 0 Å². The van der Waals surface area contributed by atoms with Crippen LogP contribution in [0, 0.1) is 6.92 Å². The third-order valence-corrected chi connectivity index (χ3v) is 5.98. The number of fused-ring (bicyclic) bond motifs is 2. The zero-order chi connectivity index (χ0) is 25.5. The van der Waals surface area contributed by atoms with Gasteiger partial charge in [-0.3, -0.25) is 19.4 Å². The summed E-state index contributed by atoms with van der Waals surface area (Å²) in [5, 5.41) is 12.2. The summed E-state index contributed by atoms with van der Waals surface area (Å²) in [6.45, 7) is 2.24. The zero-order valence-corrected chi connectivity index (χ0v) is 20.5. The molecule has 0 unspecified atom stereocenters. The molecular weight excluding hydrogens is 468 g/mol. The zero-order valence-electron chi connectivity index (χ0n) is 20.5. The summed E-state index contributed by atoms with van der Waals surface area (Å²) >= 11 is 0. The number of carbonyl (C=O) groups is 1. The lowest BCUT2D eigenvalue weighted by Crippen LogP contribution is -2.27. The van der Waals surface area contributed by atoms with Crippen LogP contribution in [0.4, 0.5) is 5.69 Å². The van der Waals surface area contributed by atoms with Crippen molar-refractivity contribution < 1.29 is 4.79 Å². The number of rotatable bonds is 6. The van der Waals surface area contributed by atoms with Crippen molar-refractivity contribution in [1.29, 1.82) is 0 Å². The summed E-state index contributed by atoms with van der Waals surface area (Å²) < 4.78 is 1.91. The number of carbonyl (C=O) groups excluding carboxylic acids is 1. The van der Waals surface area contributed by atoms with Crippen molar-refractivity contribution in [3.8, 4) is 28.3 Å². The summed E-state index contributed by atoms with van der Waals surface area (Å²) in [7, 11) is 3.70. The molecule has 11 nitrogen and oxygen atoms in total. The molecule has 6 aromatic heterocycles. The number of hydrogen-bond acceptors (Lipinski definition) is 7. The fraction of sp³-hybridized carbons (Fsp3) is 0.154. The number of aromatic nitrogens is 8. The maximum absolute atomic E-state index is 12.2. The van der Waals surface area contributed by atoms with Crippen LogP contribution >= 0.6 is 0 Å². The van der Waals surface area contributed by atoms with E-state index in [0.29, 0.717) is 11.3 Å². The van der Waals surface area contributed by atoms with Gasteiger partial charge >= 0.3 is 0 Å². The van der Waals surface area contributed by atoms with E-state index in [2.05, 4.69) is 46.5 Å². The van der Waals surface area contributed by atoms with Gasteiger partial charge in [-0.2, -0.15) is 5.10 Å². The summed E-state index contributed by atoms with van der Waals surface area (Å²) in [4.78, 5) is 35.2. The molecule has 0 saturated carbocycles. The predicted molar refractivity (Wildman–Crippen MR) is 141 cm³/mol. The molecule has 0 radical (unpaired) electrons. The Kier molecular flexibility index (Phi) is 5.46. The number of nitrogens with zero attached hydrogens (tertiary/aromatic N) is 7. The number of aromatic amines is 2. The molecule has 6 rings (SSSR count). The highest BCUT2D eigenvalue weighted by Gasteiger charge is 2.16. The number of nitrogens with one attached hydrogen (secondary N) is 3. The Labute approximate surface area is 211 Å². The van der Waals surface area contributed by atoms with E-state index in [1.807, 2.05) is 54.9 Å². The molecule has 0 saturated heterocycles. The third-order valence-electron chi connectivity index (χ3n) is 5.98. The van der Waals surface area contributed by atoms with E-state index in [0.717, 1.165) is 50.3 Å². The fourth-order valence-electron chi connectivity index (χ4n) is 4.33. The first kappa shape index (κ1) is 22.6. The number of pyridine rings is 3. The first-order chi connectivity index (χ1) is 17.9. The maximum atomic E-state index is 12.2. The predicted octanol–water partition coefficient (Wildman–Crippen LogP) is 3.56. The van der Waals surface area contributed by atoms with E-state index in [-0.39, 0.29) is 12.5 Å². The van der Waals surface area contributed by atoms with E-state index >= 15 is 0 Å². The van der Waals surface area contributed by atoms with Gasteiger partial charge in [0.1, 0.15) is 12.1 Å². The second-order valence-electron chi connectivity index (χ2n) is 9.14. The van der Waals surface area contributed by atoms with Crippen LogP contribution in [0.25, 0.3) is 50.3 Å². The average Bonchev–Trinajstić information content (AvgIpc) is 3.60. The minimum Gasteiger partial charge on any atom is -0.353 e. The highest BCUT2D eigenvalue weighted by molar-refractivity contribution is 5.98. The summed E-state index contributed by atoms with van der Waals surface area (Å²) in [6.07, 6.45) is 10.6. The number of H-pyrrole nitrogens is 2. The standard InChI is InChI=1S/C26H24N10O/c1-15-12-36(14-30-15)26-19-8-22(32-21(19)4-5-28-26)24-20-7-17(10-29-25(20)34-33-24)16-6-18(11-27-9-16)31-23(37)13-35(2)3/h4-12,14,32H,13H2,1-3H3,(H,31,37)(H,29,33,34). The lowest BCUT2D eigenvalue weighted by atomic mass is 10.1. The van der Waals surface area contributed by atoms with Crippen molar-refractivity contribution in [2.45, 2.75) is 6.92 Å². The number of anilines is 1. The molecule has 11 heteroatoms. The molecule has 6 aromatic rings. The van der Waals surface area contributed by atoms with Gasteiger partial charge in [-0.15, -0.1) is 0 Å². The second-order valence-corrected chi connectivity index (χ2v) is 9.14. The summed E-state index contributed by atoms with van der Waals surface area (Å²) in [5.41, 5.74) is 6.47. The largest absolute Gasteiger partial charge is 0.353 e. The van der Waals surface area contributed by atoms with Gasteiger partial charge in [0, 0.05) is 46.7 Å². The first-order valence-corrected chi connectivity index (χ1v) is 11.7. The van der Waals surface area contributed by atoms with Crippen LogP contribution in [-0.2, 0) is 4.79 Å². The second kappa shape index (κ2) is 8.95. The normalized spacial score (nSPS) is 11.6. The maximum Gasteiger partial charge on any atom is 0.238 e. The van der Waals surface area contributed by atoms with Crippen LogP contribution in [0.3, 0.4) is 0 Å². The summed E-state index contributed by atoms with van der Waals surface area (Å²) in [5.74, 6) is 0.690. The third kappa shape index (κ3) is 4.32. The van der Waals surface area contributed by atoms with Gasteiger partial charge in [-0.05, 0) is 45.3 Å². The minimum absolute atomic E-state index is 0.104. The Hall–Kier alpha value is -4.90. The van der Waals surface area contributed by atoms with Gasteiger partial charge in [0.15, 0.2) is 5.65 Å². The molecule has 3 N–H and O–H groups in total. The first-order valence-electron chi connectivity index (χ1n) is 11.7. The molecule has 0 aliphatic rings. The number of aryl methyl sites for hydroxylation is 1. The van der Waals surface area contributed by atoms with E-state index < -0.39 is 0 Å². The highest BCUT2D eigenvalue weighted by atomic mass is 16.2. The van der Waals surface area contributed by atoms with Crippen LogP contribution in [0.2, 0.25) is 0 Å². The van der Waals surface area contributed by atoms with Gasteiger partial charge in [-0.25, -0.2) is 15.0 Å². The fourth-order valence-corrected chi connectivity index (χ4v) is 4.33. The Balaban J connectivity index is 1.38. The van der Waals surface area contributed by atoms with Crippen LogP contribution in [-0.4, -0.2) is 71.1 Å². The molecular formula is C26H24N10O. The number of hydrogen-bond donors (Lipinski definition) is 3. The molecule has 0 atom stereocenters. The Morgan fingerprint density at radius 3 is 2.73 bits per heavy atom. The number of imidazole rings is 1. The lowest BCUT2D eigenvalue weighted by Gasteiger charge is -2.10. The molecule has 6 heterocycles. The molecule has 0 spiro atoms. The van der Waals surface area contributed by atoms with Crippen LogP contribution in [0.15, 0.2) is 61.6 Å². The van der Waals surface area contributed by atoms with E-state index in [9.17, 15) is 4.79 Å². The Morgan fingerprint density at radius 2 is 1.92 bits per heavy atom. The molecule has 0 aliphatic heterocycles. The molecule has 0 aromatic carbocycles. The number of amides is 1. The van der Waals surface area contributed by atoms with Crippen molar-refractivity contribution in [1.82, 2.24) is 44.6 Å². The van der Waals surface area contributed by atoms with E-state index in [1.54, 1.807) is 31.1 Å². The van der Waals surface area contributed by atoms with Crippen molar-refractivity contribution >= 4 is 33.5 Å². The van der Waals surface area contributed by atoms with Gasteiger partial charge in [0.05, 0.1) is 41.0 Å². The Morgan fingerprint density at radius 1 is 1.05 bits per heavy atom. The molecule has 1 amide bonds. The van der Waals surface area contributed by atoms with Crippen molar-refractivity contribution in [3.05, 3.63) is 67.3 Å². The van der Waals surface area contributed by atoms with Gasteiger partial charge in [-0.1, -0.05) is 0 Å². The van der Waals surface area contributed by atoms with E-state index in [1.165, 1.54) is 0 Å². The smallest absolute Gasteiger partial charge is 0.238 e. The van der Waals surface area contributed by atoms with Gasteiger partial charge < -0.3 is 15.2 Å². The van der Waals surface area contributed by atoms with Crippen molar-refractivity contribution in [2.75, 3.05) is 26.0 Å². The lowest BCUT2D eigenvalue weighted by molar-refractivity contribution is -0.116. The van der Waals surface area contributed by atoms with E-state index in [4.69, 9.17) is 0 Å². The topological polar surface area (TPSA) is 133 Å². The molecule has 37 heavy (non-hydrogen) atoms. The van der Waals surface area contributed by atoms with Gasteiger partial charge in [0.2, 0.25) is 5.91 Å². The minimum atomic E-state index is -0.104.